The van der Waals surface area contributed by atoms with Gasteiger partial charge in [0.2, 0.25) is 0 Å². The molecule has 0 heterocycles. The summed E-state index contributed by atoms with van der Waals surface area (Å²) < 4.78 is 0. The van der Waals surface area contributed by atoms with Crippen molar-refractivity contribution in [3.8, 4) is 0 Å². The molecule has 0 saturated heterocycles. The maximum absolute atomic E-state index is 8.76. The Morgan fingerprint density at radius 1 is 1.60 bits per heavy atom. The second-order valence-electron chi connectivity index (χ2n) is 3.03. The molecule has 58 valence electrons. The molecule has 0 aromatic heterocycles. The summed E-state index contributed by atoms with van der Waals surface area (Å²) in [7, 11) is 0. The number of azide groups is 1. The molecule has 1 N–H and O–H groups in total. The second-order valence-corrected chi connectivity index (χ2v) is 3.03. The number of hydrogen-bond acceptors (Lipinski definition) is 2. The predicted octanol–water partition coefficient (Wildman–Crippen LogP) is 1.71. The highest BCUT2D eigenvalue weighted by atomic mass is 16.3. The van der Waals surface area contributed by atoms with E-state index in [1.165, 1.54) is 0 Å². The molecule has 0 aliphatic carbocycles. The lowest BCUT2D eigenvalue weighted by Gasteiger charge is -2.19. The van der Waals surface area contributed by atoms with Crippen LogP contribution in [0.4, 0.5) is 0 Å². The van der Waals surface area contributed by atoms with Crippen molar-refractivity contribution in [3.63, 3.8) is 0 Å². The fourth-order valence-corrected chi connectivity index (χ4v) is 0.476. The van der Waals surface area contributed by atoms with E-state index in [1.807, 2.05) is 13.8 Å². The minimum absolute atomic E-state index is 0.117. The van der Waals surface area contributed by atoms with Crippen molar-refractivity contribution in [2.45, 2.75) is 20.3 Å². The van der Waals surface area contributed by atoms with Gasteiger partial charge in [-0.25, -0.2) is 0 Å². The van der Waals surface area contributed by atoms with Gasteiger partial charge in [-0.3, -0.25) is 0 Å². The lowest BCUT2D eigenvalue weighted by Crippen LogP contribution is -2.17. The second kappa shape index (κ2) is 4.14. The first-order valence-electron chi connectivity index (χ1n) is 3.24. The molecule has 0 unspecified atom stereocenters. The van der Waals surface area contributed by atoms with Gasteiger partial charge in [0.25, 0.3) is 0 Å². The van der Waals surface area contributed by atoms with Gasteiger partial charge in [0.15, 0.2) is 0 Å². The van der Waals surface area contributed by atoms with E-state index in [-0.39, 0.29) is 12.0 Å². The monoisotopic (exact) mass is 143 g/mol. The van der Waals surface area contributed by atoms with Crippen LogP contribution < -0.4 is 0 Å². The number of aliphatic hydroxyl groups excluding tert-OH is 1. The summed E-state index contributed by atoms with van der Waals surface area (Å²) in [5.74, 6) is 0. The zero-order chi connectivity index (χ0) is 8.04. The van der Waals surface area contributed by atoms with E-state index in [1.54, 1.807) is 0 Å². The topological polar surface area (TPSA) is 69.0 Å². The molecule has 0 fully saturated rings. The van der Waals surface area contributed by atoms with E-state index in [9.17, 15) is 0 Å². The van der Waals surface area contributed by atoms with Crippen LogP contribution in [0.3, 0.4) is 0 Å². The number of aliphatic hydroxyl groups is 1. The van der Waals surface area contributed by atoms with Crippen molar-refractivity contribution in [2.24, 2.45) is 10.5 Å². The third-order valence-electron chi connectivity index (χ3n) is 1.38. The highest BCUT2D eigenvalue weighted by Gasteiger charge is 2.14. The van der Waals surface area contributed by atoms with Crippen molar-refractivity contribution in [2.75, 3.05) is 13.2 Å². The Kier molecular flexibility index (Phi) is 3.84. The average Bonchev–Trinajstić information content (AvgIpc) is 1.89. The third kappa shape index (κ3) is 4.18. The fraction of sp³-hybridized carbons (Fsp3) is 1.00. The van der Waals surface area contributed by atoms with Crippen molar-refractivity contribution in [1.82, 2.24) is 0 Å². The number of hydrogen-bond donors (Lipinski definition) is 1. The van der Waals surface area contributed by atoms with Gasteiger partial charge in [0.1, 0.15) is 0 Å². The minimum Gasteiger partial charge on any atom is -0.396 e. The van der Waals surface area contributed by atoms with Gasteiger partial charge in [-0.2, -0.15) is 0 Å². The van der Waals surface area contributed by atoms with E-state index in [2.05, 4.69) is 10.0 Å². The van der Waals surface area contributed by atoms with Crippen LogP contribution in [-0.4, -0.2) is 18.3 Å². The Morgan fingerprint density at radius 3 is 2.60 bits per heavy atom. The molecule has 0 aliphatic heterocycles. The standard InChI is InChI=1S/C6H13N3O/c1-6(2,5-10)3-4-8-9-7/h10H,3-5H2,1-2H3. The van der Waals surface area contributed by atoms with Crippen LogP contribution in [-0.2, 0) is 0 Å². The van der Waals surface area contributed by atoms with Crippen LogP contribution in [0.1, 0.15) is 20.3 Å². The van der Waals surface area contributed by atoms with Gasteiger partial charge in [-0.1, -0.05) is 19.0 Å². The van der Waals surface area contributed by atoms with Crippen LogP contribution >= 0.6 is 0 Å². The van der Waals surface area contributed by atoms with E-state index in [0.717, 1.165) is 6.42 Å². The molecule has 10 heavy (non-hydrogen) atoms. The fourth-order valence-electron chi connectivity index (χ4n) is 0.476. The van der Waals surface area contributed by atoms with Crippen molar-refractivity contribution >= 4 is 0 Å². The van der Waals surface area contributed by atoms with Crippen molar-refractivity contribution in [3.05, 3.63) is 10.4 Å². The van der Waals surface area contributed by atoms with Gasteiger partial charge in [0, 0.05) is 18.1 Å². The maximum Gasteiger partial charge on any atom is 0.0482 e. The molecule has 0 saturated carbocycles. The summed E-state index contributed by atoms with van der Waals surface area (Å²) in [4.78, 5) is 2.62. The summed E-state index contributed by atoms with van der Waals surface area (Å²) in [6.07, 6.45) is 0.730. The van der Waals surface area contributed by atoms with Crippen LogP contribution in [0.15, 0.2) is 5.11 Å². The average molecular weight is 143 g/mol. The quantitative estimate of drug-likeness (QED) is 0.363. The Balaban J connectivity index is 3.56. The lowest BCUT2D eigenvalue weighted by molar-refractivity contribution is 0.153. The molecule has 0 spiro atoms. The largest absolute Gasteiger partial charge is 0.396 e. The van der Waals surface area contributed by atoms with Gasteiger partial charge < -0.3 is 5.11 Å². The summed E-state index contributed by atoms with van der Waals surface area (Å²) in [6, 6.07) is 0. The van der Waals surface area contributed by atoms with Crippen LogP contribution in [0.2, 0.25) is 0 Å². The van der Waals surface area contributed by atoms with E-state index in [0.29, 0.717) is 6.54 Å². The Hall–Kier alpha value is -0.730. The first-order chi connectivity index (χ1) is 4.62. The number of rotatable bonds is 4. The molecule has 0 aliphatic rings. The first-order valence-corrected chi connectivity index (χ1v) is 3.24. The molecule has 0 radical (unpaired) electrons. The van der Waals surface area contributed by atoms with E-state index >= 15 is 0 Å². The molecule has 0 bridgehead atoms. The zero-order valence-corrected chi connectivity index (χ0v) is 6.41. The smallest absolute Gasteiger partial charge is 0.0482 e. The van der Waals surface area contributed by atoms with Crippen LogP contribution in [0, 0.1) is 5.41 Å². The van der Waals surface area contributed by atoms with Crippen LogP contribution in [0.25, 0.3) is 10.4 Å². The van der Waals surface area contributed by atoms with Crippen molar-refractivity contribution < 1.29 is 5.11 Å². The molecule has 0 rings (SSSR count). The van der Waals surface area contributed by atoms with Crippen molar-refractivity contribution in [1.29, 1.82) is 0 Å². The minimum atomic E-state index is -0.117. The third-order valence-corrected chi connectivity index (χ3v) is 1.38. The first kappa shape index (κ1) is 9.27. The molecule has 4 nitrogen and oxygen atoms in total. The molecule has 0 amide bonds. The predicted molar refractivity (Wildman–Crippen MR) is 39.5 cm³/mol. The summed E-state index contributed by atoms with van der Waals surface area (Å²) >= 11 is 0. The Labute approximate surface area is 60.5 Å². The highest BCUT2D eigenvalue weighted by Crippen LogP contribution is 2.18. The van der Waals surface area contributed by atoms with Gasteiger partial charge in [-0.15, -0.1) is 0 Å². The summed E-state index contributed by atoms with van der Waals surface area (Å²) in [6.45, 7) is 4.46. The molecule has 0 aromatic rings. The highest BCUT2D eigenvalue weighted by molar-refractivity contribution is 4.67. The van der Waals surface area contributed by atoms with E-state index in [4.69, 9.17) is 10.6 Å². The van der Waals surface area contributed by atoms with E-state index < -0.39 is 0 Å². The molecular formula is C6H13N3O. The zero-order valence-electron chi connectivity index (χ0n) is 6.41. The van der Waals surface area contributed by atoms with Gasteiger partial charge >= 0.3 is 0 Å². The van der Waals surface area contributed by atoms with Gasteiger partial charge in [-0.05, 0) is 17.4 Å². The Morgan fingerprint density at radius 2 is 2.20 bits per heavy atom. The molecule has 0 aromatic carbocycles. The summed E-state index contributed by atoms with van der Waals surface area (Å²) in [5, 5.41) is 12.1. The molecule has 4 heteroatoms. The number of nitrogens with zero attached hydrogens (tertiary/aromatic N) is 3. The van der Waals surface area contributed by atoms with Gasteiger partial charge in [0.05, 0.1) is 0 Å². The SMILES string of the molecule is CC(C)(CO)CCN=[N+]=[N-]. The van der Waals surface area contributed by atoms with Crippen LogP contribution in [0.5, 0.6) is 0 Å². The molecule has 0 atom stereocenters. The Bertz CT molecular complexity index is 138. The lowest BCUT2D eigenvalue weighted by atomic mass is 9.91. The maximum atomic E-state index is 8.76. The summed E-state index contributed by atoms with van der Waals surface area (Å²) in [5.41, 5.74) is 7.81. The normalized spacial score (nSPS) is 10.7. The molecular weight excluding hydrogens is 130 g/mol.